The van der Waals surface area contributed by atoms with Crippen molar-refractivity contribution in [2.75, 3.05) is 26.9 Å². The van der Waals surface area contributed by atoms with E-state index in [0.29, 0.717) is 48.3 Å². The number of benzene rings is 1. The van der Waals surface area contributed by atoms with Crippen LogP contribution in [0.2, 0.25) is 5.02 Å². The summed E-state index contributed by atoms with van der Waals surface area (Å²) in [5, 5.41) is 3.23. The molecule has 6 nitrogen and oxygen atoms in total. The van der Waals surface area contributed by atoms with Crippen LogP contribution in [0.5, 0.6) is 11.5 Å². The smallest absolute Gasteiger partial charge is 0.305 e. The summed E-state index contributed by atoms with van der Waals surface area (Å²) >= 11 is 6.12. The van der Waals surface area contributed by atoms with Gasteiger partial charge in [0.25, 0.3) is 5.91 Å². The first-order valence-electron chi connectivity index (χ1n) is 8.06. The third-order valence-corrected chi connectivity index (χ3v) is 3.96. The number of halogens is 1. The number of rotatable bonds is 8. The minimum atomic E-state index is -0.191. The van der Waals surface area contributed by atoms with Gasteiger partial charge < -0.3 is 19.5 Å². The van der Waals surface area contributed by atoms with E-state index in [1.54, 1.807) is 12.1 Å². The molecule has 0 bridgehead atoms. The van der Waals surface area contributed by atoms with Crippen molar-refractivity contribution in [1.29, 1.82) is 0 Å². The highest BCUT2D eigenvalue weighted by Crippen LogP contribution is 2.38. The van der Waals surface area contributed by atoms with Crippen molar-refractivity contribution in [3.05, 3.63) is 22.7 Å². The quantitative estimate of drug-likeness (QED) is 0.573. The van der Waals surface area contributed by atoms with Crippen LogP contribution in [0, 0.1) is 0 Å². The topological polar surface area (TPSA) is 73.9 Å². The molecule has 1 aromatic carbocycles. The van der Waals surface area contributed by atoms with E-state index >= 15 is 0 Å². The Bertz CT molecular complexity index is 591. The molecule has 0 radical (unpaired) electrons. The summed E-state index contributed by atoms with van der Waals surface area (Å²) in [5.74, 6) is 0.619. The number of carbonyl (C=O) groups excluding carboxylic acids is 2. The highest BCUT2D eigenvalue weighted by atomic mass is 35.5. The molecule has 0 aliphatic carbocycles. The normalized spacial score (nSPS) is 12.6. The van der Waals surface area contributed by atoms with Gasteiger partial charge in [0.05, 0.1) is 12.1 Å². The summed E-state index contributed by atoms with van der Waals surface area (Å²) in [6.07, 6.45) is 3.97. The van der Waals surface area contributed by atoms with Crippen molar-refractivity contribution in [3.63, 3.8) is 0 Å². The van der Waals surface area contributed by atoms with E-state index in [1.165, 1.54) is 7.11 Å². The molecule has 0 fully saturated rings. The molecule has 7 heteroatoms. The third kappa shape index (κ3) is 5.30. The van der Waals surface area contributed by atoms with Gasteiger partial charge in [-0.25, -0.2) is 0 Å². The van der Waals surface area contributed by atoms with Crippen LogP contribution in [-0.4, -0.2) is 38.7 Å². The Morgan fingerprint density at radius 1 is 1.17 bits per heavy atom. The van der Waals surface area contributed by atoms with Crippen molar-refractivity contribution in [3.8, 4) is 11.5 Å². The summed E-state index contributed by atoms with van der Waals surface area (Å²) in [5.41, 5.74) is 0.454. The van der Waals surface area contributed by atoms with Gasteiger partial charge in [-0.1, -0.05) is 24.4 Å². The van der Waals surface area contributed by atoms with Crippen LogP contribution < -0.4 is 14.8 Å². The van der Waals surface area contributed by atoms with Gasteiger partial charge in [0.1, 0.15) is 13.2 Å². The summed E-state index contributed by atoms with van der Waals surface area (Å²) in [6, 6.07) is 3.23. The molecule has 1 heterocycles. The molecule has 1 aliphatic rings. The lowest BCUT2D eigenvalue weighted by Crippen LogP contribution is -2.25. The predicted octanol–water partition coefficient (Wildman–Crippen LogP) is 2.96. The number of amides is 1. The number of hydrogen-bond donors (Lipinski definition) is 1. The van der Waals surface area contributed by atoms with Crippen LogP contribution in [0.25, 0.3) is 0 Å². The van der Waals surface area contributed by atoms with Crippen molar-refractivity contribution in [2.45, 2.75) is 32.1 Å². The second-order valence-corrected chi connectivity index (χ2v) is 5.89. The Balaban J connectivity index is 1.71. The number of unbranched alkanes of at least 4 members (excludes halogenated alkanes) is 3. The van der Waals surface area contributed by atoms with Crippen LogP contribution in [0.15, 0.2) is 12.1 Å². The van der Waals surface area contributed by atoms with Gasteiger partial charge in [0, 0.05) is 18.5 Å². The maximum Gasteiger partial charge on any atom is 0.305 e. The van der Waals surface area contributed by atoms with Gasteiger partial charge in [-0.05, 0) is 25.0 Å². The molecule has 24 heavy (non-hydrogen) atoms. The number of nitrogens with one attached hydrogen (secondary N) is 1. The Morgan fingerprint density at radius 3 is 2.71 bits per heavy atom. The monoisotopic (exact) mass is 355 g/mol. The Labute approximate surface area is 146 Å². The average Bonchev–Trinajstić information content (AvgIpc) is 2.60. The molecule has 0 aromatic heterocycles. The van der Waals surface area contributed by atoms with Gasteiger partial charge in [0.2, 0.25) is 0 Å². The number of carbonyl (C=O) groups is 2. The van der Waals surface area contributed by atoms with Crippen molar-refractivity contribution >= 4 is 23.5 Å². The van der Waals surface area contributed by atoms with Gasteiger partial charge in [0.15, 0.2) is 11.5 Å². The first-order valence-corrected chi connectivity index (χ1v) is 8.43. The lowest BCUT2D eigenvalue weighted by Gasteiger charge is -2.20. The maximum absolute atomic E-state index is 12.2. The summed E-state index contributed by atoms with van der Waals surface area (Å²) < 4.78 is 15.5. The minimum Gasteiger partial charge on any atom is -0.486 e. The van der Waals surface area contributed by atoms with E-state index in [4.69, 9.17) is 21.1 Å². The Kier molecular flexibility index (Phi) is 7.18. The second kappa shape index (κ2) is 9.37. The standard InChI is InChI=1S/C17H22ClNO5/c1-22-15(20)6-4-2-3-5-7-19-17(21)12-10-13(18)16-14(11-12)23-8-9-24-16/h10-11H,2-9H2,1H3,(H,19,21). The number of esters is 1. The molecule has 132 valence electrons. The molecule has 2 rings (SSSR count). The van der Waals surface area contributed by atoms with Crippen LogP contribution in [-0.2, 0) is 9.53 Å². The van der Waals surface area contributed by atoms with Gasteiger partial charge in [-0.15, -0.1) is 0 Å². The fourth-order valence-electron chi connectivity index (χ4n) is 2.40. The molecule has 0 unspecified atom stereocenters. The summed E-state index contributed by atoms with van der Waals surface area (Å²) in [4.78, 5) is 23.1. The van der Waals surface area contributed by atoms with E-state index in [9.17, 15) is 9.59 Å². The fourth-order valence-corrected chi connectivity index (χ4v) is 2.66. The zero-order valence-corrected chi connectivity index (χ0v) is 14.5. The van der Waals surface area contributed by atoms with Crippen LogP contribution in [0.1, 0.15) is 42.5 Å². The molecular formula is C17H22ClNO5. The molecule has 1 aliphatic heterocycles. The van der Waals surface area contributed by atoms with Gasteiger partial charge >= 0.3 is 5.97 Å². The highest BCUT2D eigenvalue weighted by Gasteiger charge is 2.19. The number of methoxy groups -OCH3 is 1. The van der Waals surface area contributed by atoms with E-state index in [-0.39, 0.29) is 11.9 Å². The summed E-state index contributed by atoms with van der Waals surface area (Å²) in [6.45, 7) is 1.47. The zero-order chi connectivity index (χ0) is 17.4. The van der Waals surface area contributed by atoms with Crippen LogP contribution in [0.3, 0.4) is 0 Å². The van der Waals surface area contributed by atoms with E-state index in [2.05, 4.69) is 10.1 Å². The number of fused-ring (bicyclic) bond motifs is 1. The van der Waals surface area contributed by atoms with Crippen LogP contribution in [0.4, 0.5) is 0 Å². The molecule has 0 saturated heterocycles. The van der Waals surface area contributed by atoms with Crippen molar-refractivity contribution in [2.24, 2.45) is 0 Å². The molecule has 1 aromatic rings. The molecule has 1 amide bonds. The van der Waals surface area contributed by atoms with E-state index < -0.39 is 0 Å². The molecule has 1 N–H and O–H groups in total. The third-order valence-electron chi connectivity index (χ3n) is 3.68. The number of ether oxygens (including phenoxy) is 3. The van der Waals surface area contributed by atoms with E-state index in [0.717, 1.165) is 25.7 Å². The molecule has 0 spiro atoms. The fraction of sp³-hybridized carbons (Fsp3) is 0.529. The largest absolute Gasteiger partial charge is 0.486 e. The maximum atomic E-state index is 12.2. The van der Waals surface area contributed by atoms with E-state index in [1.807, 2.05) is 0 Å². The zero-order valence-electron chi connectivity index (χ0n) is 13.7. The Morgan fingerprint density at radius 2 is 1.92 bits per heavy atom. The lowest BCUT2D eigenvalue weighted by atomic mass is 10.1. The molecule has 0 saturated carbocycles. The van der Waals surface area contributed by atoms with Crippen molar-refractivity contribution in [1.82, 2.24) is 5.32 Å². The first kappa shape index (κ1) is 18.4. The van der Waals surface area contributed by atoms with Crippen LogP contribution >= 0.6 is 11.6 Å². The highest BCUT2D eigenvalue weighted by molar-refractivity contribution is 6.32. The molecular weight excluding hydrogens is 334 g/mol. The SMILES string of the molecule is COC(=O)CCCCCCNC(=O)c1cc(Cl)c2c(c1)OCCO2. The minimum absolute atomic E-state index is 0.182. The van der Waals surface area contributed by atoms with Crippen molar-refractivity contribution < 1.29 is 23.8 Å². The predicted molar refractivity (Wildman–Crippen MR) is 89.9 cm³/mol. The summed E-state index contributed by atoms with van der Waals surface area (Å²) in [7, 11) is 1.39. The Hall–Kier alpha value is -1.95. The lowest BCUT2D eigenvalue weighted by molar-refractivity contribution is -0.140. The second-order valence-electron chi connectivity index (χ2n) is 5.48. The average molecular weight is 356 g/mol. The first-order chi connectivity index (χ1) is 11.6. The number of hydrogen-bond acceptors (Lipinski definition) is 5. The van der Waals surface area contributed by atoms with Gasteiger partial charge in [-0.3, -0.25) is 9.59 Å². The molecule has 0 atom stereocenters. The van der Waals surface area contributed by atoms with Gasteiger partial charge in [-0.2, -0.15) is 0 Å².